The van der Waals surface area contributed by atoms with Crippen molar-refractivity contribution in [2.45, 2.75) is 19.8 Å². The van der Waals surface area contributed by atoms with E-state index in [0.29, 0.717) is 0 Å². The van der Waals surface area contributed by atoms with E-state index in [-0.39, 0.29) is 0 Å². The molecule has 0 spiro atoms. The molecule has 1 N–H and O–H groups in total. The summed E-state index contributed by atoms with van der Waals surface area (Å²) in [6.07, 6.45) is 2.25. The molecule has 0 bridgehead atoms. The van der Waals surface area contributed by atoms with Crippen LogP contribution in [0, 0.1) is 0 Å². The second kappa shape index (κ2) is 7.76. The van der Waals surface area contributed by atoms with Crippen molar-refractivity contribution in [1.29, 1.82) is 0 Å². The largest absolute Gasteiger partial charge is 0.341 e. The summed E-state index contributed by atoms with van der Waals surface area (Å²) >= 11 is 1.26. The van der Waals surface area contributed by atoms with Crippen LogP contribution in [0.5, 0.6) is 0 Å². The standard InChI is InChI=1S/C5H13O3PS/c1-3-4-5-10-8-9(6)7-2/h6H,3-5H2,1-2H3. The van der Waals surface area contributed by atoms with Gasteiger partial charge in [0.15, 0.2) is 0 Å². The van der Waals surface area contributed by atoms with E-state index < -0.39 is 8.60 Å². The summed E-state index contributed by atoms with van der Waals surface area (Å²) in [5.41, 5.74) is 0. The normalized spacial score (nSPS) is 13.5. The predicted molar refractivity (Wildman–Crippen MR) is 44.6 cm³/mol. The lowest BCUT2D eigenvalue weighted by Gasteiger charge is -2.04. The molecule has 0 aromatic heterocycles. The van der Waals surface area contributed by atoms with Crippen LogP contribution in [0.3, 0.4) is 0 Å². The van der Waals surface area contributed by atoms with Gasteiger partial charge in [0.05, 0.1) is 0 Å². The molecule has 0 aromatic rings. The van der Waals surface area contributed by atoms with Crippen LogP contribution >= 0.6 is 20.6 Å². The zero-order chi connectivity index (χ0) is 7.82. The van der Waals surface area contributed by atoms with Crippen LogP contribution in [-0.4, -0.2) is 17.8 Å². The Kier molecular flexibility index (Phi) is 8.28. The lowest BCUT2D eigenvalue weighted by Crippen LogP contribution is -1.80. The zero-order valence-corrected chi connectivity index (χ0v) is 7.95. The van der Waals surface area contributed by atoms with Gasteiger partial charge in [-0.1, -0.05) is 13.3 Å². The molecule has 0 heterocycles. The fraction of sp³-hybridized carbons (Fsp3) is 1.00. The Balaban J connectivity index is 2.89. The summed E-state index contributed by atoms with van der Waals surface area (Å²) in [4.78, 5) is 8.76. The molecule has 0 aromatic carbocycles. The fourth-order valence-electron chi connectivity index (χ4n) is 0.316. The van der Waals surface area contributed by atoms with Crippen LogP contribution < -0.4 is 0 Å². The number of hydrogen-bond donors (Lipinski definition) is 1. The quantitative estimate of drug-likeness (QED) is 0.390. The van der Waals surface area contributed by atoms with E-state index >= 15 is 0 Å². The Morgan fingerprint density at radius 2 is 2.30 bits per heavy atom. The Bertz CT molecular complexity index is 73.9. The van der Waals surface area contributed by atoms with Crippen LogP contribution in [0.4, 0.5) is 0 Å². The van der Waals surface area contributed by atoms with Gasteiger partial charge in [0, 0.05) is 24.9 Å². The second-order valence-corrected chi connectivity index (χ2v) is 3.75. The van der Waals surface area contributed by atoms with Crippen molar-refractivity contribution in [3.63, 3.8) is 0 Å². The van der Waals surface area contributed by atoms with Gasteiger partial charge < -0.3 is 9.42 Å². The molecule has 0 aliphatic heterocycles. The molecule has 10 heavy (non-hydrogen) atoms. The highest BCUT2D eigenvalue weighted by molar-refractivity contribution is 7.97. The van der Waals surface area contributed by atoms with Gasteiger partial charge in [-0.2, -0.15) is 0 Å². The van der Waals surface area contributed by atoms with Crippen molar-refractivity contribution in [2.75, 3.05) is 12.9 Å². The third-order valence-corrected chi connectivity index (χ3v) is 2.55. The van der Waals surface area contributed by atoms with Gasteiger partial charge in [-0.15, -0.1) is 0 Å². The van der Waals surface area contributed by atoms with E-state index in [1.54, 1.807) is 0 Å². The lowest BCUT2D eigenvalue weighted by molar-refractivity contribution is 0.331. The Labute approximate surface area is 67.3 Å². The topological polar surface area (TPSA) is 38.7 Å². The molecule has 5 heteroatoms. The summed E-state index contributed by atoms with van der Waals surface area (Å²) in [6, 6.07) is 0. The van der Waals surface area contributed by atoms with Crippen LogP contribution in [-0.2, 0) is 8.49 Å². The Hall–Kier alpha value is 0.660. The highest BCUT2D eigenvalue weighted by Crippen LogP contribution is 2.36. The molecular formula is C5H13O3PS. The van der Waals surface area contributed by atoms with Crippen molar-refractivity contribution in [2.24, 2.45) is 0 Å². The predicted octanol–water partition coefficient (Wildman–Crippen LogP) is 2.32. The molecule has 0 amide bonds. The Morgan fingerprint density at radius 3 is 2.80 bits per heavy atom. The van der Waals surface area contributed by atoms with Crippen LogP contribution in [0.25, 0.3) is 0 Å². The third-order valence-electron chi connectivity index (χ3n) is 0.854. The maximum atomic E-state index is 8.76. The maximum Gasteiger partial charge on any atom is 0.341 e. The number of unbranched alkanes of at least 4 members (excludes halogenated alkanes) is 1. The van der Waals surface area contributed by atoms with Crippen LogP contribution in [0.1, 0.15) is 19.8 Å². The minimum Gasteiger partial charge on any atom is -0.327 e. The molecule has 1 atom stereocenters. The first-order valence-corrected chi connectivity index (χ1v) is 5.18. The second-order valence-electron chi connectivity index (χ2n) is 1.67. The van der Waals surface area contributed by atoms with Crippen molar-refractivity contribution < 1.29 is 13.4 Å². The van der Waals surface area contributed by atoms with Gasteiger partial charge in [-0.25, -0.2) is 3.97 Å². The van der Waals surface area contributed by atoms with Gasteiger partial charge >= 0.3 is 8.60 Å². The van der Waals surface area contributed by atoms with E-state index in [1.165, 1.54) is 19.2 Å². The zero-order valence-electron chi connectivity index (χ0n) is 6.24. The molecule has 62 valence electrons. The molecule has 0 aliphatic rings. The minimum atomic E-state index is -1.63. The van der Waals surface area contributed by atoms with E-state index in [0.717, 1.165) is 18.6 Å². The van der Waals surface area contributed by atoms with Crippen molar-refractivity contribution in [1.82, 2.24) is 0 Å². The summed E-state index contributed by atoms with van der Waals surface area (Å²) < 4.78 is 9.32. The molecule has 1 unspecified atom stereocenters. The summed E-state index contributed by atoms with van der Waals surface area (Å²) in [5, 5.41) is 0. The van der Waals surface area contributed by atoms with E-state index in [9.17, 15) is 0 Å². The summed E-state index contributed by atoms with van der Waals surface area (Å²) in [7, 11) is -0.209. The first kappa shape index (κ1) is 10.7. The van der Waals surface area contributed by atoms with E-state index in [2.05, 4.69) is 11.4 Å². The van der Waals surface area contributed by atoms with Crippen molar-refractivity contribution in [3.8, 4) is 0 Å². The van der Waals surface area contributed by atoms with Gasteiger partial charge in [0.25, 0.3) is 0 Å². The van der Waals surface area contributed by atoms with Crippen molar-refractivity contribution >= 4 is 20.6 Å². The molecule has 0 saturated heterocycles. The molecule has 0 aliphatic carbocycles. The minimum absolute atomic E-state index is 0.916. The lowest BCUT2D eigenvalue weighted by atomic mass is 10.4. The first-order chi connectivity index (χ1) is 4.81. The highest BCUT2D eigenvalue weighted by atomic mass is 32.2. The number of hydrogen-bond acceptors (Lipinski definition) is 4. The summed E-state index contributed by atoms with van der Waals surface area (Å²) in [6.45, 7) is 2.11. The number of rotatable bonds is 6. The monoisotopic (exact) mass is 184 g/mol. The molecule has 0 fully saturated rings. The SMILES string of the molecule is CCCCSOP(O)OC. The third kappa shape index (κ3) is 6.78. The Morgan fingerprint density at radius 1 is 1.60 bits per heavy atom. The molecule has 0 radical (unpaired) electrons. The smallest absolute Gasteiger partial charge is 0.327 e. The van der Waals surface area contributed by atoms with Gasteiger partial charge in [0.2, 0.25) is 0 Å². The van der Waals surface area contributed by atoms with Crippen molar-refractivity contribution in [3.05, 3.63) is 0 Å². The van der Waals surface area contributed by atoms with E-state index in [1.807, 2.05) is 0 Å². The van der Waals surface area contributed by atoms with Gasteiger partial charge in [-0.05, 0) is 6.42 Å². The fourth-order valence-corrected chi connectivity index (χ4v) is 1.62. The molecular weight excluding hydrogens is 171 g/mol. The average Bonchev–Trinajstić information content (AvgIpc) is 1.98. The van der Waals surface area contributed by atoms with Crippen LogP contribution in [0.15, 0.2) is 0 Å². The average molecular weight is 184 g/mol. The molecule has 0 saturated carbocycles. The highest BCUT2D eigenvalue weighted by Gasteiger charge is 2.02. The first-order valence-electron chi connectivity index (χ1n) is 3.14. The summed E-state index contributed by atoms with van der Waals surface area (Å²) in [5.74, 6) is 0.916. The molecule has 3 nitrogen and oxygen atoms in total. The van der Waals surface area contributed by atoms with E-state index in [4.69, 9.17) is 8.86 Å². The van der Waals surface area contributed by atoms with Crippen LogP contribution in [0.2, 0.25) is 0 Å². The van der Waals surface area contributed by atoms with Gasteiger partial charge in [0.1, 0.15) is 0 Å². The van der Waals surface area contributed by atoms with Gasteiger partial charge in [-0.3, -0.25) is 0 Å². The molecule has 0 rings (SSSR count). The maximum absolute atomic E-state index is 8.76.